The Morgan fingerprint density at radius 2 is 2.07 bits per heavy atom. The summed E-state index contributed by atoms with van der Waals surface area (Å²) in [5.74, 6) is -0.147. The Labute approximate surface area is 154 Å². The molecule has 10 heteroatoms. The normalized spacial score (nSPS) is 16.9. The van der Waals surface area contributed by atoms with Crippen molar-refractivity contribution < 1.29 is 18.4 Å². The molecule has 2 aliphatic rings. The minimum absolute atomic E-state index is 0.0726. The topological polar surface area (TPSA) is 85.0 Å². The second-order valence-electron chi connectivity index (χ2n) is 6.88. The van der Waals surface area contributed by atoms with Gasteiger partial charge >= 0.3 is 6.55 Å². The van der Waals surface area contributed by atoms with Gasteiger partial charge in [0, 0.05) is 18.7 Å². The molecule has 0 atom stereocenters. The summed E-state index contributed by atoms with van der Waals surface area (Å²) in [4.78, 5) is 26.3. The number of fused-ring (bicyclic) bond motifs is 1. The maximum Gasteiger partial charge on any atom is 0.333 e. The molecule has 8 nitrogen and oxygen atoms in total. The molecule has 4 rings (SSSR count). The SMILES string of the molecule is O=C(NCc1cc2n(n1)CCN(C(=O)C1CCC1)C2)c1ccn(C(F)F)n1. The summed E-state index contributed by atoms with van der Waals surface area (Å²) < 4.78 is 27.3. The van der Waals surface area contributed by atoms with E-state index in [0.717, 1.165) is 31.2 Å². The van der Waals surface area contributed by atoms with Crippen molar-refractivity contribution in [1.82, 2.24) is 29.8 Å². The lowest BCUT2D eigenvalue weighted by molar-refractivity contribution is -0.139. The fraction of sp³-hybridized carbons (Fsp3) is 0.529. The lowest BCUT2D eigenvalue weighted by atomic mass is 9.84. The highest BCUT2D eigenvalue weighted by atomic mass is 19.3. The molecule has 0 radical (unpaired) electrons. The largest absolute Gasteiger partial charge is 0.345 e. The van der Waals surface area contributed by atoms with E-state index in [-0.39, 0.29) is 24.1 Å². The molecule has 1 aliphatic carbocycles. The number of rotatable bonds is 5. The molecule has 0 aromatic carbocycles. The summed E-state index contributed by atoms with van der Waals surface area (Å²) in [7, 11) is 0. The minimum Gasteiger partial charge on any atom is -0.345 e. The van der Waals surface area contributed by atoms with Crippen LogP contribution in [0.4, 0.5) is 8.78 Å². The molecule has 0 bridgehead atoms. The average Bonchev–Trinajstić information content (AvgIpc) is 3.24. The predicted molar refractivity (Wildman–Crippen MR) is 89.6 cm³/mol. The molecule has 2 amide bonds. The number of carbonyl (C=O) groups excluding carboxylic acids is 2. The third-order valence-electron chi connectivity index (χ3n) is 5.09. The van der Waals surface area contributed by atoms with Gasteiger partial charge in [0.15, 0.2) is 0 Å². The van der Waals surface area contributed by atoms with Crippen LogP contribution >= 0.6 is 0 Å². The third-order valence-corrected chi connectivity index (χ3v) is 5.09. The van der Waals surface area contributed by atoms with Gasteiger partial charge in [-0.25, -0.2) is 4.68 Å². The highest BCUT2D eigenvalue weighted by Gasteiger charge is 2.31. The second kappa shape index (κ2) is 7.09. The first-order chi connectivity index (χ1) is 13.0. The minimum atomic E-state index is -2.78. The van der Waals surface area contributed by atoms with Gasteiger partial charge in [-0.1, -0.05) is 6.42 Å². The van der Waals surface area contributed by atoms with Crippen molar-refractivity contribution in [3.8, 4) is 0 Å². The van der Waals surface area contributed by atoms with E-state index in [2.05, 4.69) is 15.5 Å². The first kappa shape index (κ1) is 17.6. The van der Waals surface area contributed by atoms with Gasteiger partial charge in [-0.15, -0.1) is 0 Å². The van der Waals surface area contributed by atoms with Crippen LogP contribution in [0.15, 0.2) is 18.3 Å². The average molecular weight is 378 g/mol. The first-order valence-electron chi connectivity index (χ1n) is 8.97. The number of nitrogens with one attached hydrogen (secondary N) is 1. The summed E-state index contributed by atoms with van der Waals surface area (Å²) in [6, 6.07) is 3.10. The van der Waals surface area contributed by atoms with Crippen LogP contribution in [0.3, 0.4) is 0 Å². The lowest BCUT2D eigenvalue weighted by Crippen LogP contribution is -2.43. The highest BCUT2D eigenvalue weighted by molar-refractivity contribution is 5.92. The van der Waals surface area contributed by atoms with Gasteiger partial charge < -0.3 is 10.2 Å². The van der Waals surface area contributed by atoms with E-state index in [1.165, 1.54) is 6.07 Å². The van der Waals surface area contributed by atoms with Crippen LogP contribution in [0.5, 0.6) is 0 Å². The van der Waals surface area contributed by atoms with Gasteiger partial charge in [0.1, 0.15) is 5.69 Å². The molecule has 1 fully saturated rings. The fourth-order valence-corrected chi connectivity index (χ4v) is 3.34. The van der Waals surface area contributed by atoms with Crippen molar-refractivity contribution in [2.45, 2.75) is 45.4 Å². The van der Waals surface area contributed by atoms with Gasteiger partial charge in [0.2, 0.25) is 5.91 Å². The Balaban J connectivity index is 1.35. The Bertz CT molecular complexity index is 857. The Morgan fingerprint density at radius 1 is 1.26 bits per heavy atom. The molecular weight excluding hydrogens is 358 g/mol. The van der Waals surface area contributed by atoms with E-state index in [0.29, 0.717) is 30.0 Å². The lowest BCUT2D eigenvalue weighted by Gasteiger charge is -2.34. The molecule has 1 saturated carbocycles. The van der Waals surface area contributed by atoms with Crippen LogP contribution in [0.2, 0.25) is 0 Å². The molecule has 1 aliphatic heterocycles. The van der Waals surface area contributed by atoms with Crippen molar-refractivity contribution in [3.05, 3.63) is 35.4 Å². The highest BCUT2D eigenvalue weighted by Crippen LogP contribution is 2.29. The van der Waals surface area contributed by atoms with E-state index in [1.807, 2.05) is 15.6 Å². The summed E-state index contributed by atoms with van der Waals surface area (Å²) in [5.41, 5.74) is 1.52. The molecule has 27 heavy (non-hydrogen) atoms. The van der Waals surface area contributed by atoms with Crippen LogP contribution in [0.1, 0.15) is 47.7 Å². The third kappa shape index (κ3) is 3.56. The number of carbonyl (C=O) groups is 2. The van der Waals surface area contributed by atoms with Crippen LogP contribution in [0.25, 0.3) is 0 Å². The number of hydrogen-bond acceptors (Lipinski definition) is 4. The Morgan fingerprint density at radius 3 is 2.74 bits per heavy atom. The van der Waals surface area contributed by atoms with Crippen molar-refractivity contribution in [2.24, 2.45) is 5.92 Å². The molecule has 0 spiro atoms. The smallest absolute Gasteiger partial charge is 0.333 e. The summed E-state index contributed by atoms with van der Waals surface area (Å²) in [6.07, 6.45) is 4.14. The number of alkyl halides is 2. The monoisotopic (exact) mass is 378 g/mol. The predicted octanol–water partition coefficient (Wildman–Crippen LogP) is 1.55. The van der Waals surface area contributed by atoms with Gasteiger partial charge in [-0.2, -0.15) is 19.0 Å². The molecule has 0 unspecified atom stereocenters. The number of hydrogen-bond donors (Lipinski definition) is 1. The zero-order valence-electron chi connectivity index (χ0n) is 14.6. The van der Waals surface area contributed by atoms with E-state index < -0.39 is 12.5 Å². The molecule has 144 valence electrons. The maximum absolute atomic E-state index is 12.5. The van der Waals surface area contributed by atoms with E-state index in [1.54, 1.807) is 0 Å². The van der Waals surface area contributed by atoms with Crippen LogP contribution in [-0.2, 0) is 24.4 Å². The molecular formula is C17H20F2N6O2. The van der Waals surface area contributed by atoms with Gasteiger partial charge in [0.05, 0.1) is 31.0 Å². The molecule has 1 N–H and O–H groups in total. The van der Waals surface area contributed by atoms with Crippen molar-refractivity contribution in [3.63, 3.8) is 0 Å². The first-order valence-corrected chi connectivity index (χ1v) is 8.97. The standard InChI is InChI=1S/C17H20F2N6O2/c18-17(19)25-5-4-14(22-25)15(26)20-9-12-8-13-10-23(6-7-24(13)21-12)16(27)11-2-1-3-11/h4-5,8,11,17H,1-3,6-7,9-10H2,(H,20,26). The van der Waals surface area contributed by atoms with Crippen molar-refractivity contribution in [2.75, 3.05) is 6.54 Å². The number of halogens is 2. The zero-order valence-corrected chi connectivity index (χ0v) is 14.6. The Hall–Kier alpha value is -2.78. The van der Waals surface area contributed by atoms with Crippen molar-refractivity contribution >= 4 is 11.8 Å². The fourth-order valence-electron chi connectivity index (χ4n) is 3.34. The quantitative estimate of drug-likeness (QED) is 0.855. The second-order valence-corrected chi connectivity index (χ2v) is 6.88. The maximum atomic E-state index is 12.5. The summed E-state index contributed by atoms with van der Waals surface area (Å²) in [6.45, 7) is -0.829. The Kier molecular flexibility index (Phi) is 4.63. The van der Waals surface area contributed by atoms with Gasteiger partial charge in [-0.05, 0) is 25.0 Å². The number of nitrogens with zero attached hydrogens (tertiary/aromatic N) is 5. The number of amides is 2. The van der Waals surface area contributed by atoms with E-state index in [9.17, 15) is 18.4 Å². The molecule has 2 aromatic heterocycles. The molecule has 3 heterocycles. The van der Waals surface area contributed by atoms with E-state index in [4.69, 9.17) is 0 Å². The van der Waals surface area contributed by atoms with Crippen LogP contribution in [-0.4, -0.2) is 42.8 Å². The van der Waals surface area contributed by atoms with Crippen LogP contribution < -0.4 is 5.32 Å². The number of aromatic nitrogens is 4. The molecule has 0 saturated heterocycles. The summed E-state index contributed by atoms with van der Waals surface area (Å²) >= 11 is 0. The van der Waals surface area contributed by atoms with Crippen LogP contribution in [0, 0.1) is 5.92 Å². The van der Waals surface area contributed by atoms with E-state index >= 15 is 0 Å². The molecule has 2 aromatic rings. The van der Waals surface area contributed by atoms with Gasteiger partial charge in [-0.3, -0.25) is 14.3 Å². The van der Waals surface area contributed by atoms with Gasteiger partial charge in [0.25, 0.3) is 5.91 Å². The summed E-state index contributed by atoms with van der Waals surface area (Å²) in [5, 5.41) is 10.6. The van der Waals surface area contributed by atoms with Crippen molar-refractivity contribution in [1.29, 1.82) is 0 Å². The zero-order chi connectivity index (χ0) is 19.0.